The Morgan fingerprint density at radius 3 is 2.00 bits per heavy atom. The first-order chi connectivity index (χ1) is 6.39. The standard InChI is InChI=1S/C12H12O/c13-12-10-8-6-4-2-1-3-5-7-9-11-12/h1-10H,11H2/b2-1?,5-3?,6-4?,9-7?,10-8-. The van der Waals surface area contributed by atoms with E-state index in [0.717, 1.165) is 0 Å². The van der Waals surface area contributed by atoms with E-state index in [1.165, 1.54) is 0 Å². The molecule has 66 valence electrons. The zero-order chi connectivity index (χ0) is 9.36. The van der Waals surface area contributed by atoms with Crippen LogP contribution in [0.1, 0.15) is 6.42 Å². The lowest BCUT2D eigenvalue weighted by molar-refractivity contribution is -0.113. The smallest absolute Gasteiger partial charge is 0.159 e. The summed E-state index contributed by atoms with van der Waals surface area (Å²) in [5, 5.41) is 0. The van der Waals surface area contributed by atoms with E-state index in [1.54, 1.807) is 12.2 Å². The first kappa shape index (κ1) is 9.46. The van der Waals surface area contributed by atoms with Gasteiger partial charge in [-0.05, 0) is 6.08 Å². The molecule has 0 atom stereocenters. The highest BCUT2D eigenvalue weighted by molar-refractivity contribution is 5.90. The van der Waals surface area contributed by atoms with Crippen LogP contribution in [0.5, 0.6) is 0 Å². The minimum absolute atomic E-state index is 0.124. The highest BCUT2D eigenvalue weighted by Gasteiger charge is 1.88. The molecule has 0 aromatic carbocycles. The van der Waals surface area contributed by atoms with Crippen molar-refractivity contribution in [3.63, 3.8) is 0 Å². The van der Waals surface area contributed by atoms with Gasteiger partial charge in [0.1, 0.15) is 0 Å². The molecule has 0 saturated carbocycles. The van der Waals surface area contributed by atoms with Gasteiger partial charge in [-0.1, -0.05) is 54.7 Å². The Morgan fingerprint density at radius 1 is 0.769 bits per heavy atom. The average molecular weight is 172 g/mol. The van der Waals surface area contributed by atoms with Crippen molar-refractivity contribution in [1.82, 2.24) is 0 Å². The van der Waals surface area contributed by atoms with Gasteiger partial charge in [-0.3, -0.25) is 4.79 Å². The van der Waals surface area contributed by atoms with Crippen LogP contribution in [0.3, 0.4) is 0 Å². The van der Waals surface area contributed by atoms with Gasteiger partial charge in [-0.2, -0.15) is 0 Å². The number of carbonyl (C=O) groups excluding carboxylic acids is 1. The largest absolute Gasteiger partial charge is 0.295 e. The predicted octanol–water partition coefficient (Wildman–Crippen LogP) is 2.74. The lowest BCUT2D eigenvalue weighted by atomic mass is 10.2. The lowest BCUT2D eigenvalue weighted by Gasteiger charge is -1.85. The first-order valence-electron chi connectivity index (χ1n) is 4.25. The molecule has 0 N–H and O–H groups in total. The van der Waals surface area contributed by atoms with E-state index in [2.05, 4.69) is 0 Å². The topological polar surface area (TPSA) is 17.1 Å². The maximum Gasteiger partial charge on any atom is 0.159 e. The monoisotopic (exact) mass is 172 g/mol. The zero-order valence-corrected chi connectivity index (χ0v) is 7.39. The summed E-state index contributed by atoms with van der Waals surface area (Å²) < 4.78 is 0. The molecule has 0 heterocycles. The molecule has 0 spiro atoms. The van der Waals surface area contributed by atoms with Gasteiger partial charge in [-0.25, -0.2) is 0 Å². The van der Waals surface area contributed by atoms with Crippen molar-refractivity contribution < 1.29 is 4.79 Å². The van der Waals surface area contributed by atoms with Crippen molar-refractivity contribution in [2.24, 2.45) is 0 Å². The van der Waals surface area contributed by atoms with Crippen LogP contribution in [0.4, 0.5) is 0 Å². The molecule has 0 aliphatic heterocycles. The highest BCUT2D eigenvalue weighted by atomic mass is 16.1. The SMILES string of the molecule is O=C1/C=C\C=CC=CC=CC=CC1. The zero-order valence-electron chi connectivity index (χ0n) is 7.39. The summed E-state index contributed by atoms with van der Waals surface area (Å²) in [5.74, 6) is 0.124. The van der Waals surface area contributed by atoms with Crippen LogP contribution in [0.2, 0.25) is 0 Å². The molecular formula is C12H12O. The molecule has 1 aliphatic rings. The van der Waals surface area contributed by atoms with Gasteiger partial charge in [-0.15, -0.1) is 0 Å². The quantitative estimate of drug-likeness (QED) is 0.549. The Labute approximate surface area is 78.5 Å². The highest BCUT2D eigenvalue weighted by Crippen LogP contribution is 1.92. The second-order valence-corrected chi connectivity index (χ2v) is 2.61. The Morgan fingerprint density at radius 2 is 1.31 bits per heavy atom. The fraction of sp³-hybridized carbons (Fsp3) is 0.0833. The van der Waals surface area contributed by atoms with Crippen LogP contribution in [0.15, 0.2) is 60.8 Å². The third-order valence-electron chi connectivity index (χ3n) is 1.52. The second kappa shape index (κ2) is 5.95. The number of allylic oxidation sites excluding steroid dienone is 10. The molecule has 0 fully saturated rings. The molecule has 13 heavy (non-hydrogen) atoms. The molecule has 0 saturated heterocycles. The van der Waals surface area contributed by atoms with Crippen molar-refractivity contribution in [3.8, 4) is 0 Å². The minimum Gasteiger partial charge on any atom is -0.295 e. The van der Waals surface area contributed by atoms with Gasteiger partial charge in [0, 0.05) is 6.42 Å². The summed E-state index contributed by atoms with van der Waals surface area (Å²) in [4.78, 5) is 11.1. The van der Waals surface area contributed by atoms with E-state index >= 15 is 0 Å². The van der Waals surface area contributed by atoms with Crippen molar-refractivity contribution in [1.29, 1.82) is 0 Å². The molecule has 0 radical (unpaired) electrons. The molecule has 0 amide bonds. The molecule has 0 aromatic rings. The molecule has 0 aromatic heterocycles. The molecule has 0 unspecified atom stereocenters. The molecule has 1 nitrogen and oxygen atoms in total. The van der Waals surface area contributed by atoms with Crippen molar-refractivity contribution in [3.05, 3.63) is 60.8 Å². The van der Waals surface area contributed by atoms with Crippen LogP contribution >= 0.6 is 0 Å². The van der Waals surface area contributed by atoms with Crippen LogP contribution < -0.4 is 0 Å². The summed E-state index contributed by atoms with van der Waals surface area (Å²) in [6, 6.07) is 0. The van der Waals surface area contributed by atoms with Crippen molar-refractivity contribution in [2.45, 2.75) is 6.42 Å². The maximum atomic E-state index is 11.1. The molecule has 1 rings (SSSR count). The van der Waals surface area contributed by atoms with Crippen LogP contribution in [-0.4, -0.2) is 5.78 Å². The van der Waals surface area contributed by atoms with Gasteiger partial charge in [0.25, 0.3) is 0 Å². The fourth-order valence-corrected chi connectivity index (χ4v) is 0.879. The molecule has 0 bridgehead atoms. The first-order valence-corrected chi connectivity index (χ1v) is 4.25. The summed E-state index contributed by atoms with van der Waals surface area (Å²) >= 11 is 0. The maximum absolute atomic E-state index is 11.1. The number of hydrogen-bond acceptors (Lipinski definition) is 1. The third-order valence-corrected chi connectivity index (χ3v) is 1.52. The summed E-state index contributed by atoms with van der Waals surface area (Å²) in [6.07, 6.45) is 19.0. The Kier molecular flexibility index (Phi) is 4.33. The second-order valence-electron chi connectivity index (χ2n) is 2.61. The summed E-state index contributed by atoms with van der Waals surface area (Å²) in [7, 11) is 0. The summed E-state index contributed by atoms with van der Waals surface area (Å²) in [5.41, 5.74) is 0. The normalized spacial score (nSPS) is 19.5. The van der Waals surface area contributed by atoms with Gasteiger partial charge in [0.15, 0.2) is 5.78 Å². The van der Waals surface area contributed by atoms with Crippen molar-refractivity contribution >= 4 is 5.78 Å². The van der Waals surface area contributed by atoms with Crippen LogP contribution in [0.25, 0.3) is 0 Å². The minimum atomic E-state index is 0.124. The van der Waals surface area contributed by atoms with E-state index in [4.69, 9.17) is 0 Å². The van der Waals surface area contributed by atoms with E-state index < -0.39 is 0 Å². The molecule has 1 aliphatic carbocycles. The summed E-state index contributed by atoms with van der Waals surface area (Å²) in [6.45, 7) is 0. The van der Waals surface area contributed by atoms with Crippen LogP contribution in [0, 0.1) is 0 Å². The number of rotatable bonds is 0. The number of ketones is 1. The van der Waals surface area contributed by atoms with Gasteiger partial charge >= 0.3 is 0 Å². The van der Waals surface area contributed by atoms with Crippen LogP contribution in [-0.2, 0) is 4.79 Å². The van der Waals surface area contributed by atoms with Gasteiger partial charge in [0.2, 0.25) is 0 Å². The van der Waals surface area contributed by atoms with Crippen molar-refractivity contribution in [2.75, 3.05) is 0 Å². The van der Waals surface area contributed by atoms with E-state index in [-0.39, 0.29) is 5.78 Å². The number of hydrogen-bond donors (Lipinski definition) is 0. The van der Waals surface area contributed by atoms with E-state index in [9.17, 15) is 4.79 Å². The van der Waals surface area contributed by atoms with Gasteiger partial charge < -0.3 is 0 Å². The Balaban J connectivity index is 2.70. The Hall–Kier alpha value is -1.63. The van der Waals surface area contributed by atoms with E-state index in [0.29, 0.717) is 6.42 Å². The Bertz CT molecular complexity index is 301. The lowest BCUT2D eigenvalue weighted by Crippen LogP contribution is -1.87. The average Bonchev–Trinajstić information content (AvgIpc) is 2.11. The predicted molar refractivity (Wildman–Crippen MR) is 55.3 cm³/mol. The molecule has 1 heteroatoms. The fourth-order valence-electron chi connectivity index (χ4n) is 0.879. The third kappa shape index (κ3) is 4.75. The molecular weight excluding hydrogens is 160 g/mol. The van der Waals surface area contributed by atoms with Gasteiger partial charge in [0.05, 0.1) is 0 Å². The number of carbonyl (C=O) groups is 1. The van der Waals surface area contributed by atoms with E-state index in [1.807, 2.05) is 48.6 Å².